The summed E-state index contributed by atoms with van der Waals surface area (Å²) in [6, 6.07) is 20.4. The topological polar surface area (TPSA) is 38.1 Å². The van der Waals surface area contributed by atoms with Crippen molar-refractivity contribution in [1.82, 2.24) is 9.97 Å². The lowest BCUT2D eigenvalue weighted by atomic mass is 10.0. The maximum absolute atomic E-state index is 4.88. The van der Waals surface area contributed by atoms with Crippen molar-refractivity contribution in [2.45, 2.75) is 12.8 Å². The number of aryl methyl sites for hydroxylation is 1. The first-order chi connectivity index (χ1) is 10.9. The highest BCUT2D eigenvalue weighted by Crippen LogP contribution is 2.33. The smallest absolute Gasteiger partial charge is 0.174 e. The van der Waals surface area contributed by atoms with Crippen LogP contribution >= 0.6 is 0 Å². The predicted molar refractivity (Wildman–Crippen MR) is 89.4 cm³/mol. The Bertz CT molecular complexity index is 824. The molecule has 0 amide bonds. The first-order valence-corrected chi connectivity index (χ1v) is 7.46. The fraction of sp³-hybridized carbons (Fsp3) is 0.105. The number of rotatable bonds is 2. The van der Waals surface area contributed by atoms with Crippen LogP contribution in [0.1, 0.15) is 12.1 Å². The Morgan fingerprint density at radius 2 is 1.27 bits per heavy atom. The van der Waals surface area contributed by atoms with E-state index in [9.17, 15) is 0 Å². The van der Waals surface area contributed by atoms with E-state index in [2.05, 4.69) is 29.3 Å². The van der Waals surface area contributed by atoms with Gasteiger partial charge < -0.3 is 0 Å². The monoisotopic (exact) mass is 285 g/mol. The fourth-order valence-corrected chi connectivity index (χ4v) is 2.68. The molecule has 0 saturated carbocycles. The Kier molecular flexibility index (Phi) is 3.24. The van der Waals surface area contributed by atoms with Gasteiger partial charge in [0, 0.05) is 17.3 Å². The first-order valence-electron chi connectivity index (χ1n) is 7.46. The molecule has 3 aromatic rings. The summed E-state index contributed by atoms with van der Waals surface area (Å²) in [5, 5.41) is 0. The number of hydrogen-bond acceptors (Lipinski definition) is 3. The summed E-state index contributed by atoms with van der Waals surface area (Å²) in [5.74, 6) is 0.754. The molecular formula is C19H15N3. The van der Waals surface area contributed by atoms with E-state index in [-0.39, 0.29) is 0 Å². The quantitative estimate of drug-likeness (QED) is 0.697. The molecule has 0 atom stereocenters. The van der Waals surface area contributed by atoms with Crippen molar-refractivity contribution in [2.24, 2.45) is 4.99 Å². The van der Waals surface area contributed by atoms with Crippen LogP contribution in [0.4, 0.5) is 5.82 Å². The third-order valence-corrected chi connectivity index (χ3v) is 3.77. The third-order valence-electron chi connectivity index (χ3n) is 3.77. The Balaban J connectivity index is 1.97. The number of benzene rings is 2. The molecule has 0 fully saturated rings. The van der Waals surface area contributed by atoms with Crippen molar-refractivity contribution in [3.63, 3.8) is 0 Å². The molecule has 1 aliphatic heterocycles. The van der Waals surface area contributed by atoms with Crippen molar-refractivity contribution in [3.05, 3.63) is 66.4 Å². The second kappa shape index (κ2) is 5.53. The van der Waals surface area contributed by atoms with Crippen LogP contribution in [0.3, 0.4) is 0 Å². The minimum atomic E-state index is 0.754. The molecular weight excluding hydrogens is 270 g/mol. The third kappa shape index (κ3) is 2.31. The molecule has 0 spiro atoms. The number of fused-ring (bicyclic) bond motifs is 1. The zero-order chi connectivity index (χ0) is 14.8. The summed E-state index contributed by atoms with van der Waals surface area (Å²) in [6.45, 7) is 0. The normalized spacial score (nSPS) is 12.9. The van der Waals surface area contributed by atoms with Crippen LogP contribution in [0.25, 0.3) is 22.5 Å². The molecule has 3 nitrogen and oxygen atoms in total. The second-order valence-corrected chi connectivity index (χ2v) is 5.27. The van der Waals surface area contributed by atoms with Crippen LogP contribution < -0.4 is 0 Å². The Labute approximate surface area is 129 Å². The van der Waals surface area contributed by atoms with E-state index >= 15 is 0 Å². The van der Waals surface area contributed by atoms with Gasteiger partial charge in [-0.1, -0.05) is 60.7 Å². The number of nitrogens with zero attached hydrogens (tertiary/aromatic N) is 3. The Morgan fingerprint density at radius 1 is 0.682 bits per heavy atom. The second-order valence-electron chi connectivity index (χ2n) is 5.27. The molecule has 2 aromatic carbocycles. The lowest BCUT2D eigenvalue weighted by Crippen LogP contribution is -2.03. The molecule has 1 aromatic heterocycles. The summed E-state index contributed by atoms with van der Waals surface area (Å²) in [6.07, 6.45) is 3.76. The standard InChI is InChI=1S/C19H15N3/c1-3-8-14(9-4-1)17-18(15-10-5-2-6-11-15)22-19-16(21-17)12-7-13-20-19/h1-6,8-11,13H,7,12H2. The highest BCUT2D eigenvalue weighted by Gasteiger charge is 2.17. The minimum Gasteiger partial charge on any atom is -0.247 e. The lowest BCUT2D eigenvalue weighted by molar-refractivity contribution is 0.937. The summed E-state index contributed by atoms with van der Waals surface area (Å²) >= 11 is 0. The van der Waals surface area contributed by atoms with E-state index in [1.54, 1.807) is 0 Å². The van der Waals surface area contributed by atoms with Gasteiger partial charge in [-0.25, -0.2) is 15.0 Å². The van der Waals surface area contributed by atoms with E-state index in [0.717, 1.165) is 46.9 Å². The zero-order valence-electron chi connectivity index (χ0n) is 12.1. The predicted octanol–water partition coefficient (Wildman–Crippen LogP) is 4.46. The van der Waals surface area contributed by atoms with Gasteiger partial charge in [-0.05, 0) is 12.8 Å². The van der Waals surface area contributed by atoms with Gasteiger partial charge in [-0.2, -0.15) is 0 Å². The van der Waals surface area contributed by atoms with E-state index in [0.29, 0.717) is 0 Å². The maximum Gasteiger partial charge on any atom is 0.174 e. The highest BCUT2D eigenvalue weighted by molar-refractivity contribution is 5.80. The van der Waals surface area contributed by atoms with Crippen LogP contribution in [-0.4, -0.2) is 16.2 Å². The molecule has 22 heavy (non-hydrogen) atoms. The summed E-state index contributed by atoms with van der Waals surface area (Å²) in [7, 11) is 0. The van der Waals surface area contributed by atoms with Crippen LogP contribution in [0.5, 0.6) is 0 Å². The molecule has 3 heteroatoms. The van der Waals surface area contributed by atoms with Crippen LogP contribution in [0.15, 0.2) is 65.7 Å². The number of aliphatic imine (C=N–C) groups is 1. The van der Waals surface area contributed by atoms with Gasteiger partial charge in [0.25, 0.3) is 0 Å². The minimum absolute atomic E-state index is 0.754. The summed E-state index contributed by atoms with van der Waals surface area (Å²) < 4.78 is 0. The van der Waals surface area contributed by atoms with E-state index < -0.39 is 0 Å². The van der Waals surface area contributed by atoms with Crippen LogP contribution in [0, 0.1) is 0 Å². The van der Waals surface area contributed by atoms with Gasteiger partial charge in [0.1, 0.15) is 0 Å². The SMILES string of the molecule is C1=Nc2nc(-c3ccccc3)c(-c3ccccc3)nc2CC1. The van der Waals surface area contributed by atoms with Gasteiger partial charge in [0.2, 0.25) is 0 Å². The average Bonchev–Trinajstić information content (AvgIpc) is 2.62. The van der Waals surface area contributed by atoms with Crippen molar-refractivity contribution < 1.29 is 0 Å². The van der Waals surface area contributed by atoms with Crippen molar-refractivity contribution in [2.75, 3.05) is 0 Å². The summed E-state index contributed by atoms with van der Waals surface area (Å²) in [4.78, 5) is 14.1. The first kappa shape index (κ1) is 12.9. The van der Waals surface area contributed by atoms with Gasteiger partial charge >= 0.3 is 0 Å². The Hall–Kier alpha value is -2.81. The van der Waals surface area contributed by atoms with Crippen molar-refractivity contribution in [1.29, 1.82) is 0 Å². The molecule has 0 aliphatic carbocycles. The molecule has 4 rings (SSSR count). The molecule has 0 N–H and O–H groups in total. The summed E-state index contributed by atoms with van der Waals surface area (Å²) in [5.41, 5.74) is 4.97. The molecule has 106 valence electrons. The van der Waals surface area contributed by atoms with Gasteiger partial charge in [0.15, 0.2) is 5.82 Å². The van der Waals surface area contributed by atoms with Crippen LogP contribution in [-0.2, 0) is 6.42 Å². The Morgan fingerprint density at radius 3 is 1.91 bits per heavy atom. The van der Waals surface area contributed by atoms with E-state index in [1.807, 2.05) is 42.6 Å². The fourth-order valence-electron chi connectivity index (χ4n) is 2.68. The van der Waals surface area contributed by atoms with Crippen molar-refractivity contribution in [3.8, 4) is 22.5 Å². The average molecular weight is 285 g/mol. The van der Waals surface area contributed by atoms with Gasteiger partial charge in [-0.15, -0.1) is 0 Å². The number of hydrogen-bond donors (Lipinski definition) is 0. The zero-order valence-corrected chi connectivity index (χ0v) is 12.1. The molecule has 1 aliphatic rings. The number of aromatic nitrogens is 2. The molecule has 0 unspecified atom stereocenters. The molecule has 0 saturated heterocycles. The highest BCUT2D eigenvalue weighted by atomic mass is 15.0. The van der Waals surface area contributed by atoms with Gasteiger partial charge in [-0.3, -0.25) is 0 Å². The largest absolute Gasteiger partial charge is 0.247 e. The molecule has 2 heterocycles. The van der Waals surface area contributed by atoms with Crippen molar-refractivity contribution >= 4 is 12.0 Å². The molecule has 0 bridgehead atoms. The maximum atomic E-state index is 4.88. The van der Waals surface area contributed by atoms with E-state index in [1.165, 1.54) is 0 Å². The molecule has 0 radical (unpaired) electrons. The van der Waals surface area contributed by atoms with Crippen LogP contribution in [0.2, 0.25) is 0 Å². The lowest BCUT2D eigenvalue weighted by Gasteiger charge is -2.14. The van der Waals surface area contributed by atoms with Gasteiger partial charge in [0.05, 0.1) is 17.1 Å². The van der Waals surface area contributed by atoms with E-state index in [4.69, 9.17) is 9.97 Å².